The number of benzene rings is 1. The van der Waals surface area contributed by atoms with Crippen LogP contribution in [0.2, 0.25) is 0 Å². The van der Waals surface area contributed by atoms with Crippen LogP contribution in [0.15, 0.2) is 46.1 Å². The molecule has 0 amide bonds. The third-order valence-corrected chi connectivity index (χ3v) is 5.70. The maximum Gasteiger partial charge on any atom is 0.0969 e. The molecule has 2 aromatic heterocycles. The highest BCUT2D eigenvalue weighted by molar-refractivity contribution is 9.10. The van der Waals surface area contributed by atoms with Gasteiger partial charge in [0.05, 0.1) is 17.5 Å². The lowest BCUT2D eigenvalue weighted by molar-refractivity contribution is 0.116. The van der Waals surface area contributed by atoms with Crippen LogP contribution in [0, 0.1) is 0 Å². The number of hydrogen-bond acceptors (Lipinski definition) is 3. The SMILES string of the molecule is CCn1c(-c2cccnc2[C@H](C)OC)c(CC(C)(C)N=[N+]=[N-])c2cc(Br)ccc21. The van der Waals surface area contributed by atoms with Gasteiger partial charge in [-0.2, -0.15) is 0 Å². The Kier molecular flexibility index (Phi) is 6.32. The fourth-order valence-electron chi connectivity index (χ4n) is 3.85. The van der Waals surface area contributed by atoms with Crippen LogP contribution < -0.4 is 0 Å². The molecule has 6 nitrogen and oxygen atoms in total. The maximum absolute atomic E-state index is 9.04. The van der Waals surface area contributed by atoms with E-state index in [2.05, 4.69) is 66.7 Å². The lowest BCUT2D eigenvalue weighted by Gasteiger charge is -2.21. The first kappa shape index (κ1) is 21.4. The van der Waals surface area contributed by atoms with Gasteiger partial charge in [0, 0.05) is 51.2 Å². The molecule has 0 aliphatic carbocycles. The van der Waals surface area contributed by atoms with Crippen molar-refractivity contribution in [1.29, 1.82) is 0 Å². The normalized spacial score (nSPS) is 12.8. The molecule has 3 rings (SSSR count). The van der Waals surface area contributed by atoms with Gasteiger partial charge in [0.1, 0.15) is 0 Å². The number of azide groups is 1. The Balaban J connectivity index is 2.40. The Morgan fingerprint density at radius 1 is 1.34 bits per heavy atom. The number of aryl methyl sites for hydroxylation is 1. The first-order valence-corrected chi connectivity index (χ1v) is 10.5. The van der Waals surface area contributed by atoms with Crippen LogP contribution in [0.5, 0.6) is 0 Å². The van der Waals surface area contributed by atoms with Crippen molar-refractivity contribution >= 4 is 26.8 Å². The molecule has 0 aliphatic heterocycles. The van der Waals surface area contributed by atoms with Gasteiger partial charge >= 0.3 is 0 Å². The van der Waals surface area contributed by atoms with E-state index in [0.29, 0.717) is 6.42 Å². The van der Waals surface area contributed by atoms with Crippen molar-refractivity contribution in [3.05, 3.63) is 62.7 Å². The minimum Gasteiger partial charge on any atom is -0.375 e. The van der Waals surface area contributed by atoms with Crippen molar-refractivity contribution in [2.75, 3.05) is 7.11 Å². The number of hydrogen-bond donors (Lipinski definition) is 0. The zero-order valence-electron chi connectivity index (χ0n) is 17.5. The van der Waals surface area contributed by atoms with Gasteiger partial charge in [0.2, 0.25) is 0 Å². The van der Waals surface area contributed by atoms with Crippen molar-refractivity contribution < 1.29 is 4.74 Å². The first-order valence-electron chi connectivity index (χ1n) is 9.68. The van der Waals surface area contributed by atoms with E-state index < -0.39 is 5.54 Å². The van der Waals surface area contributed by atoms with Gasteiger partial charge in [-0.05, 0) is 61.7 Å². The van der Waals surface area contributed by atoms with E-state index in [1.54, 1.807) is 13.3 Å². The van der Waals surface area contributed by atoms with Crippen molar-refractivity contribution in [3.63, 3.8) is 0 Å². The van der Waals surface area contributed by atoms with E-state index in [-0.39, 0.29) is 6.10 Å². The average molecular weight is 456 g/mol. The fraction of sp³-hybridized carbons (Fsp3) is 0.409. The standard InChI is InChI=1S/C22H26BrN5O/c1-6-28-19-10-9-15(23)12-17(19)18(13-22(3,4)26-27-24)21(28)16-8-7-11-25-20(16)14(2)29-5/h7-12,14H,6,13H2,1-5H3/t14-/m0/s1. The van der Waals surface area contributed by atoms with Gasteiger partial charge in [-0.1, -0.05) is 34.9 Å². The number of aromatic nitrogens is 2. The van der Waals surface area contributed by atoms with Gasteiger partial charge in [0.15, 0.2) is 0 Å². The van der Waals surface area contributed by atoms with Crippen LogP contribution in [0.25, 0.3) is 32.6 Å². The second-order valence-electron chi connectivity index (χ2n) is 7.73. The largest absolute Gasteiger partial charge is 0.375 e. The van der Waals surface area contributed by atoms with Crippen molar-refractivity contribution in [1.82, 2.24) is 9.55 Å². The molecule has 7 heteroatoms. The van der Waals surface area contributed by atoms with Gasteiger partial charge in [0.25, 0.3) is 0 Å². The van der Waals surface area contributed by atoms with E-state index in [1.807, 2.05) is 26.8 Å². The molecule has 0 N–H and O–H groups in total. The number of halogens is 1. The first-order chi connectivity index (χ1) is 13.8. The highest BCUT2D eigenvalue weighted by Gasteiger charge is 2.27. The zero-order valence-corrected chi connectivity index (χ0v) is 19.1. The molecule has 29 heavy (non-hydrogen) atoms. The Morgan fingerprint density at radius 2 is 2.10 bits per heavy atom. The van der Waals surface area contributed by atoms with Crippen LogP contribution >= 0.6 is 15.9 Å². The van der Waals surface area contributed by atoms with Crippen LogP contribution in [0.4, 0.5) is 0 Å². The summed E-state index contributed by atoms with van der Waals surface area (Å²) in [5, 5.41) is 5.19. The van der Waals surface area contributed by atoms with E-state index in [1.165, 1.54) is 0 Å². The summed E-state index contributed by atoms with van der Waals surface area (Å²) in [5.74, 6) is 0. The molecule has 0 unspecified atom stereocenters. The van der Waals surface area contributed by atoms with Gasteiger partial charge < -0.3 is 9.30 Å². The fourth-order valence-corrected chi connectivity index (χ4v) is 4.22. The predicted molar refractivity (Wildman–Crippen MR) is 121 cm³/mol. The van der Waals surface area contributed by atoms with Crippen molar-refractivity contribution in [3.8, 4) is 11.3 Å². The highest BCUT2D eigenvalue weighted by atomic mass is 79.9. The summed E-state index contributed by atoms with van der Waals surface area (Å²) < 4.78 is 8.93. The molecule has 0 bridgehead atoms. The minimum atomic E-state index is -0.562. The van der Waals surface area contributed by atoms with Gasteiger partial charge in [-0.3, -0.25) is 4.98 Å². The van der Waals surface area contributed by atoms with Crippen LogP contribution in [-0.4, -0.2) is 22.2 Å². The third kappa shape index (κ3) is 4.17. The van der Waals surface area contributed by atoms with Crippen molar-refractivity contribution in [2.45, 2.75) is 52.3 Å². The van der Waals surface area contributed by atoms with Crippen LogP contribution in [0.1, 0.15) is 45.1 Å². The number of methoxy groups -OCH3 is 1. The quantitative estimate of drug-likeness (QED) is 0.222. The van der Waals surface area contributed by atoms with Crippen LogP contribution in [-0.2, 0) is 17.7 Å². The second kappa shape index (κ2) is 8.57. The second-order valence-corrected chi connectivity index (χ2v) is 8.64. The minimum absolute atomic E-state index is 0.140. The van der Waals surface area contributed by atoms with E-state index >= 15 is 0 Å². The van der Waals surface area contributed by atoms with E-state index in [9.17, 15) is 0 Å². The Morgan fingerprint density at radius 3 is 2.76 bits per heavy atom. The third-order valence-electron chi connectivity index (χ3n) is 5.20. The molecule has 0 aliphatic rings. The Hall–Kier alpha value is -2.34. The molecule has 3 aromatic rings. The van der Waals surface area contributed by atoms with Gasteiger partial charge in [-0.15, -0.1) is 0 Å². The van der Waals surface area contributed by atoms with E-state index in [4.69, 9.17) is 10.3 Å². The molecule has 1 atom stereocenters. The predicted octanol–water partition coefficient (Wildman–Crippen LogP) is 6.82. The summed E-state index contributed by atoms with van der Waals surface area (Å²) in [6.45, 7) is 8.89. The average Bonchev–Trinajstić information content (AvgIpc) is 2.99. The van der Waals surface area contributed by atoms with E-state index in [0.717, 1.165) is 44.4 Å². The molecule has 0 radical (unpaired) electrons. The topological polar surface area (TPSA) is 75.8 Å². The smallest absolute Gasteiger partial charge is 0.0969 e. The number of nitrogens with zero attached hydrogens (tertiary/aromatic N) is 5. The summed E-state index contributed by atoms with van der Waals surface area (Å²) in [4.78, 5) is 7.70. The molecular formula is C22H26BrN5O. The lowest BCUT2D eigenvalue weighted by atomic mass is 9.91. The molecule has 0 saturated carbocycles. The molecule has 152 valence electrons. The molecule has 0 saturated heterocycles. The highest BCUT2D eigenvalue weighted by Crippen LogP contribution is 2.40. The molecule has 0 spiro atoms. The lowest BCUT2D eigenvalue weighted by Crippen LogP contribution is -2.20. The zero-order chi connectivity index (χ0) is 21.2. The summed E-state index contributed by atoms with van der Waals surface area (Å²) in [5.41, 5.74) is 13.8. The maximum atomic E-state index is 9.04. The Labute approximate surface area is 179 Å². The molecule has 2 heterocycles. The number of pyridine rings is 1. The van der Waals surface area contributed by atoms with Crippen molar-refractivity contribution in [2.24, 2.45) is 5.11 Å². The monoisotopic (exact) mass is 455 g/mol. The summed E-state index contributed by atoms with van der Waals surface area (Å²) in [6, 6.07) is 10.4. The summed E-state index contributed by atoms with van der Waals surface area (Å²) in [7, 11) is 1.70. The molecular weight excluding hydrogens is 430 g/mol. The molecule has 0 fully saturated rings. The summed E-state index contributed by atoms with van der Waals surface area (Å²) >= 11 is 3.61. The molecule has 1 aromatic carbocycles. The number of fused-ring (bicyclic) bond motifs is 1. The number of rotatable bonds is 7. The van der Waals surface area contributed by atoms with Crippen LogP contribution in [0.3, 0.4) is 0 Å². The summed E-state index contributed by atoms with van der Waals surface area (Å²) in [6.07, 6.45) is 2.27. The van der Waals surface area contributed by atoms with Gasteiger partial charge in [-0.25, -0.2) is 0 Å². The Bertz CT molecular complexity index is 1080. The number of ether oxygens (including phenoxy) is 1.